The molecule has 0 saturated carbocycles. The number of rotatable bonds is 3. The van der Waals surface area contributed by atoms with Crippen LogP contribution in [0.25, 0.3) is 0 Å². The van der Waals surface area contributed by atoms with E-state index < -0.39 is 0 Å². The molecule has 1 fully saturated rings. The quantitative estimate of drug-likeness (QED) is 0.870. The molecule has 2 N–H and O–H groups in total. The summed E-state index contributed by atoms with van der Waals surface area (Å²) in [7, 11) is 0. The van der Waals surface area contributed by atoms with Crippen molar-refractivity contribution >= 4 is 15.9 Å². The van der Waals surface area contributed by atoms with Gasteiger partial charge in [0.05, 0.1) is 6.54 Å². The molecule has 0 radical (unpaired) electrons. The van der Waals surface area contributed by atoms with Gasteiger partial charge in [-0.05, 0) is 47.4 Å². The smallest absolute Gasteiger partial charge is 0.169 e. The second-order valence-corrected chi connectivity index (χ2v) is 4.41. The van der Waals surface area contributed by atoms with Crippen LogP contribution in [0, 0.1) is 0 Å². The summed E-state index contributed by atoms with van der Waals surface area (Å²) in [5.41, 5.74) is 0. The largest absolute Gasteiger partial charge is 0.453 e. The molecule has 0 spiro atoms. The van der Waals surface area contributed by atoms with Gasteiger partial charge in [0.15, 0.2) is 4.67 Å². The Bertz CT molecular complexity index is 281. The van der Waals surface area contributed by atoms with Gasteiger partial charge in [-0.3, -0.25) is 0 Å². The lowest BCUT2D eigenvalue weighted by molar-refractivity contribution is 0.368. The molecule has 1 saturated heterocycles. The third kappa shape index (κ3) is 2.83. The molecule has 1 aromatic rings. The number of hydrogen-bond donors (Lipinski definition) is 2. The van der Waals surface area contributed by atoms with Crippen molar-refractivity contribution in [1.82, 2.24) is 10.6 Å². The number of piperidine rings is 1. The van der Waals surface area contributed by atoms with Crippen molar-refractivity contribution in [3.05, 3.63) is 22.6 Å². The van der Waals surface area contributed by atoms with Gasteiger partial charge in [0, 0.05) is 12.6 Å². The fourth-order valence-electron chi connectivity index (χ4n) is 1.72. The number of nitrogens with one attached hydrogen (secondary N) is 2. The molecule has 1 aliphatic rings. The summed E-state index contributed by atoms with van der Waals surface area (Å²) in [6.45, 7) is 3.05. The first kappa shape index (κ1) is 10.2. The van der Waals surface area contributed by atoms with Crippen molar-refractivity contribution in [2.45, 2.75) is 25.4 Å². The van der Waals surface area contributed by atoms with E-state index in [2.05, 4.69) is 26.6 Å². The SMILES string of the molecule is Brc1ccc(CNC2CCCNC2)o1. The summed E-state index contributed by atoms with van der Waals surface area (Å²) < 4.78 is 6.21. The maximum Gasteiger partial charge on any atom is 0.169 e. The van der Waals surface area contributed by atoms with E-state index in [0.29, 0.717) is 6.04 Å². The first-order valence-corrected chi connectivity index (χ1v) is 5.82. The lowest BCUT2D eigenvalue weighted by atomic mass is 10.1. The fourth-order valence-corrected chi connectivity index (χ4v) is 2.06. The molecule has 1 aliphatic heterocycles. The summed E-state index contributed by atoms with van der Waals surface area (Å²) >= 11 is 3.29. The highest BCUT2D eigenvalue weighted by molar-refractivity contribution is 9.10. The van der Waals surface area contributed by atoms with Crippen LogP contribution in [-0.4, -0.2) is 19.1 Å². The van der Waals surface area contributed by atoms with Crippen LogP contribution in [0.2, 0.25) is 0 Å². The first-order chi connectivity index (χ1) is 6.84. The Labute approximate surface area is 92.4 Å². The van der Waals surface area contributed by atoms with Gasteiger partial charge in [-0.15, -0.1) is 0 Å². The summed E-state index contributed by atoms with van der Waals surface area (Å²) in [6.07, 6.45) is 2.52. The molecular weight excluding hydrogens is 244 g/mol. The van der Waals surface area contributed by atoms with Crippen molar-refractivity contribution in [2.75, 3.05) is 13.1 Å². The van der Waals surface area contributed by atoms with Crippen LogP contribution in [0.4, 0.5) is 0 Å². The summed E-state index contributed by atoms with van der Waals surface area (Å²) in [5, 5.41) is 6.85. The molecule has 0 bridgehead atoms. The predicted molar refractivity (Wildman–Crippen MR) is 59.1 cm³/mol. The van der Waals surface area contributed by atoms with Crippen LogP contribution < -0.4 is 10.6 Å². The first-order valence-electron chi connectivity index (χ1n) is 5.03. The van der Waals surface area contributed by atoms with Gasteiger partial charge in [0.2, 0.25) is 0 Å². The van der Waals surface area contributed by atoms with Crippen LogP contribution in [0.5, 0.6) is 0 Å². The topological polar surface area (TPSA) is 37.2 Å². The van der Waals surface area contributed by atoms with E-state index in [1.165, 1.54) is 12.8 Å². The normalized spacial score (nSPS) is 22.5. The molecule has 2 rings (SSSR count). The van der Waals surface area contributed by atoms with Gasteiger partial charge in [0.25, 0.3) is 0 Å². The van der Waals surface area contributed by atoms with E-state index in [-0.39, 0.29) is 0 Å². The molecule has 14 heavy (non-hydrogen) atoms. The predicted octanol–water partition coefficient (Wildman–Crippen LogP) is 1.88. The lowest BCUT2D eigenvalue weighted by Gasteiger charge is -2.23. The average molecular weight is 259 g/mol. The van der Waals surface area contributed by atoms with Crippen LogP contribution in [0.15, 0.2) is 21.2 Å². The third-order valence-electron chi connectivity index (χ3n) is 2.49. The highest BCUT2D eigenvalue weighted by Gasteiger charge is 2.12. The van der Waals surface area contributed by atoms with E-state index in [1.54, 1.807) is 0 Å². The molecule has 0 amide bonds. The van der Waals surface area contributed by atoms with Crippen LogP contribution in [-0.2, 0) is 6.54 Å². The molecule has 3 nitrogen and oxygen atoms in total. The summed E-state index contributed by atoms with van der Waals surface area (Å²) in [5.74, 6) is 0.988. The Morgan fingerprint density at radius 1 is 1.57 bits per heavy atom. The molecule has 2 heterocycles. The molecule has 1 atom stereocenters. The fraction of sp³-hybridized carbons (Fsp3) is 0.600. The standard InChI is InChI=1S/C10H15BrN2O/c11-10-4-3-9(14-10)7-13-8-2-1-5-12-6-8/h3-4,8,12-13H,1-2,5-7H2. The van der Waals surface area contributed by atoms with Crippen LogP contribution in [0.1, 0.15) is 18.6 Å². The number of furan rings is 1. The average Bonchev–Trinajstić information content (AvgIpc) is 2.63. The maximum atomic E-state index is 5.41. The van der Waals surface area contributed by atoms with E-state index >= 15 is 0 Å². The van der Waals surface area contributed by atoms with E-state index in [9.17, 15) is 0 Å². The van der Waals surface area contributed by atoms with Crippen molar-refractivity contribution in [3.63, 3.8) is 0 Å². The van der Waals surface area contributed by atoms with Crippen molar-refractivity contribution in [1.29, 1.82) is 0 Å². The van der Waals surface area contributed by atoms with Gasteiger partial charge in [-0.2, -0.15) is 0 Å². The molecule has 0 aliphatic carbocycles. The van der Waals surface area contributed by atoms with Crippen LogP contribution >= 0.6 is 15.9 Å². The van der Waals surface area contributed by atoms with Crippen LogP contribution in [0.3, 0.4) is 0 Å². The van der Waals surface area contributed by atoms with E-state index in [0.717, 1.165) is 30.1 Å². The number of hydrogen-bond acceptors (Lipinski definition) is 3. The highest BCUT2D eigenvalue weighted by atomic mass is 79.9. The molecule has 1 unspecified atom stereocenters. The zero-order valence-corrected chi connectivity index (χ0v) is 9.64. The van der Waals surface area contributed by atoms with E-state index in [1.807, 2.05) is 12.1 Å². The van der Waals surface area contributed by atoms with Crippen molar-refractivity contribution in [2.24, 2.45) is 0 Å². The Kier molecular flexibility index (Phi) is 3.61. The van der Waals surface area contributed by atoms with Gasteiger partial charge in [0.1, 0.15) is 5.76 Å². The van der Waals surface area contributed by atoms with Gasteiger partial charge >= 0.3 is 0 Å². The third-order valence-corrected chi connectivity index (χ3v) is 2.92. The monoisotopic (exact) mass is 258 g/mol. The summed E-state index contributed by atoms with van der Waals surface area (Å²) in [4.78, 5) is 0. The Hall–Kier alpha value is -0.320. The molecule has 78 valence electrons. The minimum Gasteiger partial charge on any atom is -0.453 e. The Morgan fingerprint density at radius 3 is 3.14 bits per heavy atom. The maximum absolute atomic E-state index is 5.41. The highest BCUT2D eigenvalue weighted by Crippen LogP contribution is 2.14. The van der Waals surface area contributed by atoms with Gasteiger partial charge < -0.3 is 15.1 Å². The molecular formula is C10H15BrN2O. The minimum absolute atomic E-state index is 0.590. The van der Waals surface area contributed by atoms with Gasteiger partial charge in [-0.25, -0.2) is 0 Å². The molecule has 4 heteroatoms. The van der Waals surface area contributed by atoms with E-state index in [4.69, 9.17) is 4.42 Å². The zero-order valence-electron chi connectivity index (χ0n) is 8.05. The van der Waals surface area contributed by atoms with Gasteiger partial charge in [-0.1, -0.05) is 0 Å². The molecule has 0 aromatic carbocycles. The summed E-state index contributed by atoms with van der Waals surface area (Å²) in [6, 6.07) is 4.51. The van der Waals surface area contributed by atoms with Crippen molar-refractivity contribution < 1.29 is 4.42 Å². The van der Waals surface area contributed by atoms with Crippen molar-refractivity contribution in [3.8, 4) is 0 Å². The Balaban J connectivity index is 1.76. The minimum atomic E-state index is 0.590. The molecule has 1 aromatic heterocycles. The lowest BCUT2D eigenvalue weighted by Crippen LogP contribution is -2.42. The second-order valence-electron chi connectivity index (χ2n) is 3.63. The Morgan fingerprint density at radius 2 is 2.50 bits per heavy atom. The second kappa shape index (κ2) is 4.96. The number of halogens is 1. The zero-order chi connectivity index (χ0) is 9.80.